The van der Waals surface area contributed by atoms with Crippen LogP contribution in [0.1, 0.15) is 0 Å². The van der Waals surface area contributed by atoms with Crippen molar-refractivity contribution in [2.24, 2.45) is 14.1 Å². The van der Waals surface area contributed by atoms with Crippen LogP contribution in [0.15, 0.2) is 144 Å². The fourth-order valence-electron chi connectivity index (χ4n) is 8.39. The van der Waals surface area contributed by atoms with Gasteiger partial charge in [0, 0.05) is 84.9 Å². The third-order valence-corrected chi connectivity index (χ3v) is 10.7. The van der Waals surface area contributed by atoms with Gasteiger partial charge >= 0.3 is 0 Å². The molecule has 0 spiro atoms. The quantitative estimate of drug-likeness (QED) is 0.190. The van der Waals surface area contributed by atoms with Crippen LogP contribution in [0.25, 0.3) is 104 Å². The molecule has 0 aliphatic heterocycles. The van der Waals surface area contributed by atoms with Crippen LogP contribution >= 0.6 is 0 Å². The molecule has 4 heteroatoms. The minimum absolute atomic E-state index is 0.929. The number of hydrogen-bond acceptors (Lipinski definition) is 1. The number of aromatic nitrogens is 3. The summed E-state index contributed by atoms with van der Waals surface area (Å²) in [7, 11) is 4.36. The summed E-state index contributed by atoms with van der Waals surface area (Å²) in [6.45, 7) is 0. The van der Waals surface area contributed by atoms with Gasteiger partial charge < -0.3 is 18.1 Å². The van der Waals surface area contributed by atoms with Crippen LogP contribution in [0.2, 0.25) is 0 Å². The van der Waals surface area contributed by atoms with E-state index in [2.05, 4.69) is 161 Å². The number of benzene rings is 7. The molecule has 4 heterocycles. The average molecular weight is 616 g/mol. The van der Waals surface area contributed by atoms with E-state index in [0.717, 1.165) is 16.6 Å². The van der Waals surface area contributed by atoms with Crippen LogP contribution in [0.3, 0.4) is 0 Å². The summed E-state index contributed by atoms with van der Waals surface area (Å²) < 4.78 is 13.3. The Bertz CT molecular complexity index is 3130. The maximum atomic E-state index is 6.25. The number of nitrogens with zero attached hydrogens (tertiary/aromatic N) is 3. The monoisotopic (exact) mass is 615 g/mol. The zero-order valence-electron chi connectivity index (χ0n) is 26.5. The highest BCUT2D eigenvalue weighted by Crippen LogP contribution is 2.42. The molecule has 11 rings (SSSR count). The zero-order chi connectivity index (χ0) is 31.7. The van der Waals surface area contributed by atoms with Crippen molar-refractivity contribution < 1.29 is 4.42 Å². The van der Waals surface area contributed by atoms with Crippen LogP contribution in [-0.4, -0.2) is 13.7 Å². The standard InChI is InChI=1S/C44H29N3O/c1-45-35-19-17-26(27-16-18-30-38(23-27)46(2)37-20-21-42-44(43(30)37)31-13-7-9-15-41(31)48-42)22-32(35)34-25-40-33(24-39(34)45)29-12-6-8-14-36(29)47(40)28-10-4-3-5-11-28/h3-25H,1-2H3. The maximum Gasteiger partial charge on any atom is 0.136 e. The molecule has 0 atom stereocenters. The molecule has 0 aliphatic carbocycles. The Balaban J connectivity index is 1.15. The van der Waals surface area contributed by atoms with Crippen molar-refractivity contribution in [3.63, 3.8) is 0 Å². The largest absolute Gasteiger partial charge is 0.456 e. The van der Waals surface area contributed by atoms with Crippen molar-refractivity contribution >= 4 is 87.4 Å². The van der Waals surface area contributed by atoms with E-state index >= 15 is 0 Å². The first-order valence-electron chi connectivity index (χ1n) is 16.5. The van der Waals surface area contributed by atoms with Gasteiger partial charge in [0.25, 0.3) is 0 Å². The second-order valence-corrected chi connectivity index (χ2v) is 13.1. The first-order chi connectivity index (χ1) is 23.6. The number of para-hydroxylation sites is 3. The van der Waals surface area contributed by atoms with Crippen molar-refractivity contribution in [2.45, 2.75) is 0 Å². The van der Waals surface area contributed by atoms with Gasteiger partial charge in [0.1, 0.15) is 11.2 Å². The SMILES string of the molecule is Cn1c2ccc(-c3ccc4c5c6c(ccc5n(C)c4c3)oc3ccccc36)cc2c2cc3c(cc21)c1ccccc1n3-c1ccccc1. The molecule has 48 heavy (non-hydrogen) atoms. The molecule has 226 valence electrons. The number of fused-ring (bicyclic) bond motifs is 13. The van der Waals surface area contributed by atoms with Crippen molar-refractivity contribution in [1.82, 2.24) is 13.7 Å². The molecule has 4 aromatic heterocycles. The third kappa shape index (κ3) is 3.29. The zero-order valence-corrected chi connectivity index (χ0v) is 26.5. The molecule has 0 aliphatic rings. The molecule has 0 amide bonds. The Kier molecular flexibility index (Phi) is 4.95. The van der Waals surface area contributed by atoms with Crippen LogP contribution in [0, 0.1) is 0 Å². The van der Waals surface area contributed by atoms with E-state index in [1.807, 2.05) is 6.07 Å². The molecule has 7 aromatic carbocycles. The number of hydrogen-bond donors (Lipinski definition) is 0. The van der Waals surface area contributed by atoms with E-state index in [1.54, 1.807) is 0 Å². The molecule has 11 aromatic rings. The fourth-order valence-corrected chi connectivity index (χ4v) is 8.39. The summed E-state index contributed by atoms with van der Waals surface area (Å²) in [6, 6.07) is 50.7. The molecule has 4 nitrogen and oxygen atoms in total. The highest BCUT2D eigenvalue weighted by atomic mass is 16.3. The van der Waals surface area contributed by atoms with E-state index < -0.39 is 0 Å². The van der Waals surface area contributed by atoms with E-state index in [9.17, 15) is 0 Å². The van der Waals surface area contributed by atoms with Crippen LogP contribution in [-0.2, 0) is 14.1 Å². The molecule has 0 radical (unpaired) electrons. The Morgan fingerprint density at radius 3 is 1.92 bits per heavy atom. The summed E-state index contributed by atoms with van der Waals surface area (Å²) in [4.78, 5) is 0. The predicted molar refractivity (Wildman–Crippen MR) is 201 cm³/mol. The van der Waals surface area contributed by atoms with Gasteiger partial charge in [-0.3, -0.25) is 0 Å². The smallest absolute Gasteiger partial charge is 0.136 e. The second kappa shape index (κ2) is 9.18. The predicted octanol–water partition coefficient (Wildman–Crippen LogP) is 11.6. The van der Waals surface area contributed by atoms with Gasteiger partial charge in [0.2, 0.25) is 0 Å². The van der Waals surface area contributed by atoms with E-state index in [-0.39, 0.29) is 0 Å². The lowest BCUT2D eigenvalue weighted by molar-refractivity contribution is 0.669. The highest BCUT2D eigenvalue weighted by Gasteiger charge is 2.19. The first kappa shape index (κ1) is 25.9. The van der Waals surface area contributed by atoms with Gasteiger partial charge in [-0.25, -0.2) is 0 Å². The van der Waals surface area contributed by atoms with E-state index in [4.69, 9.17) is 4.42 Å². The Hall–Kier alpha value is -6.26. The van der Waals surface area contributed by atoms with Crippen molar-refractivity contribution in [3.05, 3.63) is 140 Å². The first-order valence-corrected chi connectivity index (χ1v) is 16.5. The minimum Gasteiger partial charge on any atom is -0.456 e. The van der Waals surface area contributed by atoms with Crippen molar-refractivity contribution in [2.75, 3.05) is 0 Å². The highest BCUT2D eigenvalue weighted by molar-refractivity contribution is 6.27. The summed E-state index contributed by atoms with van der Waals surface area (Å²) in [5.74, 6) is 0. The second-order valence-electron chi connectivity index (χ2n) is 13.1. The molecule has 0 fully saturated rings. The van der Waals surface area contributed by atoms with Gasteiger partial charge in [-0.05, 0) is 77.9 Å². The molecule has 0 bridgehead atoms. The molecular weight excluding hydrogens is 587 g/mol. The van der Waals surface area contributed by atoms with Gasteiger partial charge in [-0.1, -0.05) is 72.8 Å². The summed E-state index contributed by atoms with van der Waals surface area (Å²) in [6.07, 6.45) is 0. The summed E-state index contributed by atoms with van der Waals surface area (Å²) in [5, 5.41) is 9.93. The summed E-state index contributed by atoms with van der Waals surface area (Å²) in [5.41, 5.74) is 12.8. The Morgan fingerprint density at radius 1 is 0.375 bits per heavy atom. The lowest BCUT2D eigenvalue weighted by atomic mass is 10.00. The Labute approximate surface area is 275 Å². The minimum atomic E-state index is 0.929. The number of rotatable bonds is 2. The normalized spacial score (nSPS) is 12.4. The molecule has 0 saturated carbocycles. The molecule has 0 saturated heterocycles. The fraction of sp³-hybridized carbons (Fsp3) is 0.0455. The van der Waals surface area contributed by atoms with Crippen LogP contribution in [0.5, 0.6) is 0 Å². The van der Waals surface area contributed by atoms with Gasteiger partial charge in [-0.2, -0.15) is 0 Å². The van der Waals surface area contributed by atoms with Crippen LogP contribution in [0.4, 0.5) is 0 Å². The van der Waals surface area contributed by atoms with Gasteiger partial charge in [0.15, 0.2) is 0 Å². The van der Waals surface area contributed by atoms with Gasteiger partial charge in [0.05, 0.1) is 11.0 Å². The topological polar surface area (TPSA) is 27.9 Å². The Morgan fingerprint density at radius 2 is 1.02 bits per heavy atom. The number of furan rings is 1. The molecule has 0 N–H and O–H groups in total. The molecular formula is C44H29N3O. The van der Waals surface area contributed by atoms with Crippen molar-refractivity contribution in [1.29, 1.82) is 0 Å². The van der Waals surface area contributed by atoms with Gasteiger partial charge in [-0.15, -0.1) is 0 Å². The summed E-state index contributed by atoms with van der Waals surface area (Å²) >= 11 is 0. The number of aryl methyl sites for hydroxylation is 2. The maximum absolute atomic E-state index is 6.25. The van der Waals surface area contributed by atoms with Crippen molar-refractivity contribution in [3.8, 4) is 16.8 Å². The average Bonchev–Trinajstić information content (AvgIpc) is 3.84. The third-order valence-electron chi connectivity index (χ3n) is 10.7. The van der Waals surface area contributed by atoms with Crippen LogP contribution < -0.4 is 0 Å². The van der Waals surface area contributed by atoms with E-state index in [1.165, 1.54) is 87.6 Å². The lowest BCUT2D eigenvalue weighted by Gasteiger charge is -2.07. The molecule has 0 unspecified atom stereocenters. The lowest BCUT2D eigenvalue weighted by Crippen LogP contribution is -1.93. The van der Waals surface area contributed by atoms with E-state index in [0.29, 0.717) is 0 Å².